The molecule has 1 N–H and O–H groups in total. The number of nitrogens with one attached hydrogen (secondary N) is 1. The van der Waals surface area contributed by atoms with Crippen molar-refractivity contribution in [2.24, 2.45) is 0 Å². The Morgan fingerprint density at radius 3 is 2.33 bits per heavy atom. The molecule has 0 aliphatic carbocycles. The van der Waals surface area contributed by atoms with Gasteiger partial charge in [-0.1, -0.05) is 35.0 Å². The van der Waals surface area contributed by atoms with Crippen LogP contribution in [0.3, 0.4) is 0 Å². The smallest absolute Gasteiger partial charge is 0.410 e. The Bertz CT molecular complexity index is 804. The summed E-state index contributed by atoms with van der Waals surface area (Å²) in [6.45, 7) is 7.33. The van der Waals surface area contributed by atoms with Gasteiger partial charge in [0.25, 0.3) is 0 Å². The van der Waals surface area contributed by atoms with Crippen LogP contribution in [0, 0.1) is 0 Å². The van der Waals surface area contributed by atoms with Crippen molar-refractivity contribution in [2.75, 3.05) is 26.2 Å². The summed E-state index contributed by atoms with van der Waals surface area (Å²) in [4.78, 5) is 52.8. The molecule has 1 aliphatic rings. The van der Waals surface area contributed by atoms with Crippen molar-refractivity contribution in [3.63, 3.8) is 0 Å². The van der Waals surface area contributed by atoms with Crippen molar-refractivity contribution in [2.45, 2.75) is 45.8 Å². The van der Waals surface area contributed by atoms with Gasteiger partial charge in [0.05, 0.1) is 13.1 Å². The minimum atomic E-state index is -0.878. The molecule has 1 aromatic carbocycles. The van der Waals surface area contributed by atoms with E-state index in [1.807, 2.05) is 0 Å². The van der Waals surface area contributed by atoms with Gasteiger partial charge in [-0.25, -0.2) is 4.79 Å². The number of benzene rings is 1. The molecule has 1 heterocycles. The number of carbonyl (C=O) groups is 4. The van der Waals surface area contributed by atoms with Crippen LogP contribution in [-0.4, -0.2) is 71.3 Å². The second-order valence-corrected chi connectivity index (χ2v) is 8.95. The van der Waals surface area contributed by atoms with Crippen LogP contribution in [-0.2, 0) is 14.3 Å². The maximum absolute atomic E-state index is 12.8. The molecular weight excluding hydrogens is 454 g/mol. The number of nitrogens with zero attached hydrogens (tertiary/aromatic N) is 2. The summed E-state index contributed by atoms with van der Waals surface area (Å²) in [5.74, 6) is -0.905. The minimum absolute atomic E-state index is 0.0129. The fourth-order valence-corrected chi connectivity index (χ4v) is 3.29. The zero-order valence-corrected chi connectivity index (χ0v) is 19.3. The molecule has 3 amide bonds. The highest BCUT2D eigenvalue weighted by Crippen LogP contribution is 2.16. The summed E-state index contributed by atoms with van der Waals surface area (Å²) >= 11 is 3.31. The van der Waals surface area contributed by atoms with Crippen LogP contribution in [0.25, 0.3) is 0 Å². The third-order valence-corrected chi connectivity index (χ3v) is 5.08. The maximum atomic E-state index is 12.8. The molecule has 0 aromatic heterocycles. The van der Waals surface area contributed by atoms with Crippen LogP contribution in [0.4, 0.5) is 4.79 Å². The van der Waals surface area contributed by atoms with Crippen LogP contribution < -0.4 is 5.32 Å². The molecule has 1 saturated heterocycles. The first-order chi connectivity index (χ1) is 14.0. The van der Waals surface area contributed by atoms with Crippen LogP contribution >= 0.6 is 15.9 Å². The number of piperazine rings is 1. The first kappa shape index (κ1) is 23.9. The molecule has 0 radical (unpaired) electrons. The Labute approximate surface area is 185 Å². The third kappa shape index (κ3) is 6.55. The van der Waals surface area contributed by atoms with Crippen molar-refractivity contribution < 1.29 is 23.9 Å². The number of amides is 3. The second kappa shape index (κ2) is 10.1. The van der Waals surface area contributed by atoms with E-state index in [-0.39, 0.29) is 44.3 Å². The van der Waals surface area contributed by atoms with Crippen molar-refractivity contribution in [3.05, 3.63) is 34.3 Å². The van der Waals surface area contributed by atoms with Crippen LogP contribution in [0.2, 0.25) is 0 Å². The Hall–Kier alpha value is -2.42. The molecule has 1 aromatic rings. The van der Waals surface area contributed by atoms with Crippen LogP contribution in [0.15, 0.2) is 28.7 Å². The van der Waals surface area contributed by atoms with Gasteiger partial charge in [-0.3, -0.25) is 14.4 Å². The molecule has 2 rings (SSSR count). The average Bonchev–Trinajstić information content (AvgIpc) is 2.70. The summed E-state index contributed by atoms with van der Waals surface area (Å²) in [5, 5.41) is 2.61. The predicted molar refractivity (Wildman–Crippen MR) is 115 cm³/mol. The Morgan fingerprint density at radius 2 is 1.77 bits per heavy atom. The molecule has 9 heteroatoms. The lowest BCUT2D eigenvalue weighted by atomic mass is 10.1. The van der Waals surface area contributed by atoms with E-state index in [2.05, 4.69) is 21.2 Å². The monoisotopic (exact) mass is 481 g/mol. The lowest BCUT2D eigenvalue weighted by Crippen LogP contribution is -2.62. The molecule has 1 aliphatic heterocycles. The number of Topliss-reactive ketones (excluding diaryl/α,β-unsaturated/α-hetero) is 1. The van der Waals surface area contributed by atoms with Crippen LogP contribution in [0.1, 0.15) is 44.5 Å². The van der Waals surface area contributed by atoms with Gasteiger partial charge in [-0.15, -0.1) is 0 Å². The number of carbonyl (C=O) groups excluding carboxylic acids is 4. The van der Waals surface area contributed by atoms with Crippen molar-refractivity contribution in [3.8, 4) is 0 Å². The van der Waals surface area contributed by atoms with Gasteiger partial charge in [0, 0.05) is 29.5 Å². The van der Waals surface area contributed by atoms with E-state index in [0.717, 1.165) is 4.47 Å². The molecule has 0 unspecified atom stereocenters. The number of rotatable bonds is 5. The summed E-state index contributed by atoms with van der Waals surface area (Å²) in [6.07, 6.45) is -0.288. The zero-order valence-electron chi connectivity index (χ0n) is 17.7. The topological polar surface area (TPSA) is 96.0 Å². The van der Waals surface area contributed by atoms with E-state index in [1.54, 1.807) is 52.0 Å². The highest BCUT2D eigenvalue weighted by atomic mass is 79.9. The molecule has 1 fully saturated rings. The molecular formula is C21H28BrN3O5. The second-order valence-electron chi connectivity index (χ2n) is 8.03. The highest BCUT2D eigenvalue weighted by Gasteiger charge is 2.37. The Kier molecular flexibility index (Phi) is 8.00. The van der Waals surface area contributed by atoms with E-state index in [0.29, 0.717) is 5.56 Å². The van der Waals surface area contributed by atoms with Gasteiger partial charge < -0.3 is 19.9 Å². The number of halogens is 1. The van der Waals surface area contributed by atoms with Crippen molar-refractivity contribution >= 4 is 39.6 Å². The Balaban J connectivity index is 2.06. The summed E-state index contributed by atoms with van der Waals surface area (Å²) in [5.41, 5.74) is -0.193. The van der Waals surface area contributed by atoms with E-state index in [4.69, 9.17) is 4.74 Å². The number of hydrogen-bond acceptors (Lipinski definition) is 5. The molecule has 30 heavy (non-hydrogen) atoms. The molecule has 0 spiro atoms. The SMILES string of the molecule is CCC(=O)N1CCN(C(=O)OC(C)(C)C)C[C@H]1C(=O)NCC(=O)c1ccc(Br)cc1. The first-order valence-electron chi connectivity index (χ1n) is 9.85. The normalized spacial score (nSPS) is 16.8. The summed E-state index contributed by atoms with van der Waals surface area (Å²) in [7, 11) is 0. The molecule has 0 bridgehead atoms. The molecule has 0 saturated carbocycles. The highest BCUT2D eigenvalue weighted by molar-refractivity contribution is 9.10. The van der Waals surface area contributed by atoms with Gasteiger partial charge in [0.15, 0.2) is 5.78 Å². The zero-order chi connectivity index (χ0) is 22.5. The standard InChI is InChI=1S/C21H28BrN3O5/c1-5-18(27)25-11-10-24(20(29)30-21(2,3)4)13-16(25)19(28)23-12-17(26)14-6-8-15(22)9-7-14/h6-9,16H,5,10-13H2,1-4H3,(H,23,28)/t16-/m0/s1. The lowest BCUT2D eigenvalue weighted by molar-refractivity contribution is -0.143. The number of hydrogen-bond donors (Lipinski definition) is 1. The van der Waals surface area contributed by atoms with E-state index < -0.39 is 23.6 Å². The molecule has 1 atom stereocenters. The largest absolute Gasteiger partial charge is 0.444 e. The predicted octanol–water partition coefficient (Wildman–Crippen LogP) is 2.61. The molecule has 164 valence electrons. The Morgan fingerprint density at radius 1 is 1.13 bits per heavy atom. The third-order valence-electron chi connectivity index (χ3n) is 4.55. The fourth-order valence-electron chi connectivity index (χ4n) is 3.02. The van der Waals surface area contributed by atoms with Crippen molar-refractivity contribution in [1.29, 1.82) is 0 Å². The van der Waals surface area contributed by atoms with Crippen LogP contribution in [0.5, 0.6) is 0 Å². The summed E-state index contributed by atoms with van der Waals surface area (Å²) in [6, 6.07) is 5.94. The van der Waals surface area contributed by atoms with E-state index >= 15 is 0 Å². The van der Waals surface area contributed by atoms with Gasteiger partial charge in [-0.05, 0) is 32.9 Å². The number of ketones is 1. The number of ether oxygens (including phenoxy) is 1. The lowest BCUT2D eigenvalue weighted by Gasteiger charge is -2.40. The summed E-state index contributed by atoms with van der Waals surface area (Å²) < 4.78 is 6.24. The van der Waals surface area contributed by atoms with E-state index in [1.165, 1.54) is 9.80 Å². The van der Waals surface area contributed by atoms with E-state index in [9.17, 15) is 19.2 Å². The average molecular weight is 482 g/mol. The van der Waals surface area contributed by atoms with Gasteiger partial charge in [0.2, 0.25) is 11.8 Å². The quantitative estimate of drug-likeness (QED) is 0.651. The van der Waals surface area contributed by atoms with Gasteiger partial charge in [-0.2, -0.15) is 0 Å². The van der Waals surface area contributed by atoms with Gasteiger partial charge >= 0.3 is 6.09 Å². The maximum Gasteiger partial charge on any atom is 0.410 e. The molecule has 8 nitrogen and oxygen atoms in total. The minimum Gasteiger partial charge on any atom is -0.444 e. The van der Waals surface area contributed by atoms with Gasteiger partial charge in [0.1, 0.15) is 11.6 Å². The fraction of sp³-hybridized carbons (Fsp3) is 0.524. The first-order valence-corrected chi connectivity index (χ1v) is 10.6. The van der Waals surface area contributed by atoms with Crippen molar-refractivity contribution in [1.82, 2.24) is 15.1 Å².